The van der Waals surface area contributed by atoms with Crippen molar-refractivity contribution in [2.45, 2.75) is 25.8 Å². The van der Waals surface area contributed by atoms with Crippen LogP contribution in [-0.2, 0) is 24.2 Å². The molecule has 0 aliphatic carbocycles. The molecule has 0 saturated carbocycles. The monoisotopic (exact) mass is 413 g/mol. The van der Waals surface area contributed by atoms with Crippen LogP contribution in [0.5, 0.6) is 5.75 Å². The quantitative estimate of drug-likeness (QED) is 0.414. The van der Waals surface area contributed by atoms with Gasteiger partial charge in [0.25, 0.3) is 0 Å². The van der Waals surface area contributed by atoms with Crippen LogP contribution in [0.3, 0.4) is 0 Å². The third-order valence-electron chi connectivity index (χ3n) is 5.36. The lowest BCUT2D eigenvalue weighted by atomic mass is 10.1. The normalized spacial score (nSPS) is 10.9. The van der Waals surface area contributed by atoms with Crippen molar-refractivity contribution < 1.29 is 9.53 Å². The SMILES string of the molecule is COc1ccccc1Cn1c(CCCNC(=O)Cc2ccccc2)nc2ccccc21. The second kappa shape index (κ2) is 9.94. The number of benzene rings is 3. The Morgan fingerprint density at radius 3 is 2.55 bits per heavy atom. The highest BCUT2D eigenvalue weighted by atomic mass is 16.5. The van der Waals surface area contributed by atoms with Gasteiger partial charge in [-0.15, -0.1) is 0 Å². The van der Waals surface area contributed by atoms with Gasteiger partial charge < -0.3 is 14.6 Å². The fourth-order valence-corrected chi connectivity index (χ4v) is 3.81. The molecule has 0 fully saturated rings. The molecule has 3 aromatic carbocycles. The van der Waals surface area contributed by atoms with E-state index in [1.165, 1.54) is 0 Å². The van der Waals surface area contributed by atoms with Crippen molar-refractivity contribution in [2.75, 3.05) is 13.7 Å². The number of ether oxygens (including phenoxy) is 1. The summed E-state index contributed by atoms with van der Waals surface area (Å²) in [6, 6.07) is 26.1. The smallest absolute Gasteiger partial charge is 0.224 e. The first kappa shape index (κ1) is 20.7. The number of nitrogens with zero attached hydrogens (tertiary/aromatic N) is 2. The number of aromatic nitrogens is 2. The number of methoxy groups -OCH3 is 1. The van der Waals surface area contributed by atoms with Crippen LogP contribution in [0, 0.1) is 0 Å². The molecule has 0 aliphatic heterocycles. The minimum atomic E-state index is 0.0497. The standard InChI is InChI=1S/C26H27N3O2/c1-31-24-15-8-5-12-21(24)19-29-23-14-7-6-13-22(23)28-25(29)16-9-17-27-26(30)18-20-10-3-2-4-11-20/h2-8,10-15H,9,16-19H2,1H3,(H,27,30). The Balaban J connectivity index is 1.43. The molecule has 31 heavy (non-hydrogen) atoms. The van der Waals surface area contributed by atoms with Gasteiger partial charge in [0, 0.05) is 18.5 Å². The number of imidazole rings is 1. The van der Waals surface area contributed by atoms with E-state index in [0.29, 0.717) is 19.5 Å². The summed E-state index contributed by atoms with van der Waals surface area (Å²) >= 11 is 0. The number of carbonyl (C=O) groups is 1. The van der Waals surface area contributed by atoms with Crippen LogP contribution in [0.25, 0.3) is 11.0 Å². The molecule has 1 aromatic heterocycles. The molecule has 0 bridgehead atoms. The minimum absolute atomic E-state index is 0.0497. The highest BCUT2D eigenvalue weighted by molar-refractivity contribution is 5.78. The Labute approximate surface area is 182 Å². The summed E-state index contributed by atoms with van der Waals surface area (Å²) in [6.45, 7) is 1.32. The van der Waals surface area contributed by atoms with Crippen molar-refractivity contribution in [1.82, 2.24) is 14.9 Å². The molecule has 158 valence electrons. The Hall–Kier alpha value is -3.60. The zero-order valence-electron chi connectivity index (χ0n) is 17.8. The number of nitrogens with one attached hydrogen (secondary N) is 1. The Kier molecular flexibility index (Phi) is 6.62. The molecule has 0 unspecified atom stereocenters. The summed E-state index contributed by atoms with van der Waals surface area (Å²) in [6.07, 6.45) is 2.03. The van der Waals surface area contributed by atoms with Crippen molar-refractivity contribution in [3.63, 3.8) is 0 Å². The number of hydrogen-bond donors (Lipinski definition) is 1. The van der Waals surface area contributed by atoms with Crippen LogP contribution in [0.4, 0.5) is 0 Å². The third-order valence-corrected chi connectivity index (χ3v) is 5.36. The summed E-state index contributed by atoms with van der Waals surface area (Å²) in [5, 5.41) is 3.03. The van der Waals surface area contributed by atoms with E-state index in [-0.39, 0.29) is 5.91 Å². The zero-order chi connectivity index (χ0) is 21.5. The van der Waals surface area contributed by atoms with Crippen LogP contribution < -0.4 is 10.1 Å². The Morgan fingerprint density at radius 2 is 1.71 bits per heavy atom. The van der Waals surface area contributed by atoms with Crippen LogP contribution in [-0.4, -0.2) is 29.1 Å². The van der Waals surface area contributed by atoms with E-state index in [0.717, 1.165) is 46.6 Å². The maximum Gasteiger partial charge on any atom is 0.224 e. The van der Waals surface area contributed by atoms with Crippen molar-refractivity contribution in [3.05, 3.63) is 95.8 Å². The number of carbonyl (C=O) groups excluding carboxylic acids is 1. The molecule has 0 radical (unpaired) electrons. The number of rotatable bonds is 9. The molecule has 1 amide bonds. The fourth-order valence-electron chi connectivity index (χ4n) is 3.81. The predicted molar refractivity (Wildman–Crippen MR) is 123 cm³/mol. The highest BCUT2D eigenvalue weighted by Crippen LogP contribution is 2.23. The van der Waals surface area contributed by atoms with Gasteiger partial charge >= 0.3 is 0 Å². The maximum atomic E-state index is 12.2. The first-order chi connectivity index (χ1) is 15.2. The molecule has 0 saturated heterocycles. The van der Waals surface area contributed by atoms with Gasteiger partial charge in [0.1, 0.15) is 11.6 Å². The summed E-state index contributed by atoms with van der Waals surface area (Å²) in [5.41, 5.74) is 4.24. The first-order valence-electron chi connectivity index (χ1n) is 10.6. The van der Waals surface area contributed by atoms with Gasteiger partial charge in [0.05, 0.1) is 31.1 Å². The van der Waals surface area contributed by atoms with E-state index >= 15 is 0 Å². The summed E-state index contributed by atoms with van der Waals surface area (Å²) < 4.78 is 7.79. The van der Waals surface area contributed by atoms with Gasteiger partial charge in [-0.2, -0.15) is 0 Å². The Bertz CT molecular complexity index is 1150. The summed E-state index contributed by atoms with van der Waals surface area (Å²) in [5.74, 6) is 1.94. The lowest BCUT2D eigenvalue weighted by Crippen LogP contribution is -2.26. The van der Waals surface area contributed by atoms with Gasteiger partial charge in [0.2, 0.25) is 5.91 Å². The van der Waals surface area contributed by atoms with Crippen LogP contribution >= 0.6 is 0 Å². The molecule has 1 heterocycles. The van der Waals surface area contributed by atoms with E-state index in [2.05, 4.69) is 22.0 Å². The van der Waals surface area contributed by atoms with Crippen molar-refractivity contribution in [3.8, 4) is 5.75 Å². The molecule has 0 spiro atoms. The Morgan fingerprint density at radius 1 is 0.968 bits per heavy atom. The minimum Gasteiger partial charge on any atom is -0.496 e. The van der Waals surface area contributed by atoms with E-state index in [4.69, 9.17) is 9.72 Å². The van der Waals surface area contributed by atoms with Crippen LogP contribution in [0.2, 0.25) is 0 Å². The van der Waals surface area contributed by atoms with Gasteiger partial charge in [-0.05, 0) is 30.2 Å². The number of aryl methyl sites for hydroxylation is 1. The molecule has 5 heteroatoms. The number of hydrogen-bond acceptors (Lipinski definition) is 3. The third kappa shape index (κ3) is 5.12. The highest BCUT2D eigenvalue weighted by Gasteiger charge is 2.13. The molecule has 4 aromatic rings. The van der Waals surface area contributed by atoms with Gasteiger partial charge in [-0.1, -0.05) is 60.7 Å². The maximum absolute atomic E-state index is 12.2. The van der Waals surface area contributed by atoms with Crippen LogP contribution in [0.1, 0.15) is 23.4 Å². The molecule has 4 rings (SSSR count). The number of para-hydroxylation sites is 3. The topological polar surface area (TPSA) is 56.1 Å². The van der Waals surface area contributed by atoms with Crippen molar-refractivity contribution >= 4 is 16.9 Å². The zero-order valence-corrected chi connectivity index (χ0v) is 17.8. The lowest BCUT2D eigenvalue weighted by molar-refractivity contribution is -0.120. The fraction of sp³-hybridized carbons (Fsp3) is 0.231. The average Bonchev–Trinajstić information content (AvgIpc) is 3.15. The van der Waals surface area contributed by atoms with Crippen molar-refractivity contribution in [2.24, 2.45) is 0 Å². The summed E-state index contributed by atoms with van der Waals surface area (Å²) in [7, 11) is 1.70. The van der Waals surface area contributed by atoms with E-state index in [1.54, 1.807) is 7.11 Å². The predicted octanol–water partition coefficient (Wildman–Crippen LogP) is 4.38. The van der Waals surface area contributed by atoms with Gasteiger partial charge in [-0.25, -0.2) is 4.98 Å². The van der Waals surface area contributed by atoms with Gasteiger partial charge in [0.15, 0.2) is 0 Å². The van der Waals surface area contributed by atoms with Crippen LogP contribution in [0.15, 0.2) is 78.9 Å². The molecule has 1 N–H and O–H groups in total. The average molecular weight is 414 g/mol. The van der Waals surface area contributed by atoms with Crippen molar-refractivity contribution in [1.29, 1.82) is 0 Å². The second-order valence-electron chi connectivity index (χ2n) is 7.53. The second-order valence-corrected chi connectivity index (χ2v) is 7.53. The summed E-state index contributed by atoms with van der Waals surface area (Å²) in [4.78, 5) is 17.1. The molecular weight excluding hydrogens is 386 g/mol. The van der Waals surface area contributed by atoms with Gasteiger partial charge in [-0.3, -0.25) is 4.79 Å². The molecule has 0 aliphatic rings. The molecule has 0 atom stereocenters. The molecule has 5 nitrogen and oxygen atoms in total. The van der Waals surface area contributed by atoms with E-state index in [9.17, 15) is 4.79 Å². The van der Waals surface area contributed by atoms with E-state index in [1.807, 2.05) is 66.7 Å². The lowest BCUT2D eigenvalue weighted by Gasteiger charge is -2.13. The first-order valence-corrected chi connectivity index (χ1v) is 10.6. The largest absolute Gasteiger partial charge is 0.496 e. The number of fused-ring (bicyclic) bond motifs is 1. The molecular formula is C26H27N3O2. The van der Waals surface area contributed by atoms with E-state index < -0.39 is 0 Å². The number of amides is 1.